The average molecular weight is 238 g/mol. The minimum absolute atomic E-state index is 0.0600. The molecule has 1 aromatic heterocycles. The number of carbonyl (C=O) groups is 1. The van der Waals surface area contributed by atoms with Crippen LogP contribution < -0.4 is 11.1 Å². The molecule has 1 amide bonds. The van der Waals surface area contributed by atoms with Gasteiger partial charge in [0.15, 0.2) is 0 Å². The highest BCUT2D eigenvalue weighted by Gasteiger charge is 2.20. The predicted octanol–water partition coefficient (Wildman–Crippen LogP) is -0.929. The van der Waals surface area contributed by atoms with E-state index in [-0.39, 0.29) is 18.4 Å². The van der Waals surface area contributed by atoms with Crippen molar-refractivity contribution in [1.29, 1.82) is 0 Å². The Hall–Kier alpha value is -1.63. The molecule has 0 bridgehead atoms. The summed E-state index contributed by atoms with van der Waals surface area (Å²) in [5.74, 6) is 0.128. The molecular weight excluding hydrogens is 220 g/mol. The molecule has 1 aromatic rings. The van der Waals surface area contributed by atoms with Crippen molar-refractivity contribution in [2.45, 2.75) is 25.4 Å². The third-order valence-corrected chi connectivity index (χ3v) is 3.07. The van der Waals surface area contributed by atoms with Crippen molar-refractivity contribution in [1.82, 2.24) is 25.0 Å². The molecule has 1 atom stereocenters. The summed E-state index contributed by atoms with van der Waals surface area (Å²) in [4.78, 5) is 17.7. The van der Waals surface area contributed by atoms with Crippen LogP contribution in [0, 0.1) is 0 Å². The molecule has 0 radical (unpaired) electrons. The summed E-state index contributed by atoms with van der Waals surface area (Å²) < 4.78 is 1.43. The number of amides is 1. The zero-order chi connectivity index (χ0) is 12.3. The Kier molecular flexibility index (Phi) is 3.58. The van der Waals surface area contributed by atoms with E-state index in [1.165, 1.54) is 17.4 Å². The van der Waals surface area contributed by atoms with Crippen molar-refractivity contribution in [3.63, 3.8) is 0 Å². The number of hydrogen-bond donors (Lipinski definition) is 2. The molecule has 1 fully saturated rings. The maximum atomic E-state index is 11.6. The Morgan fingerprint density at radius 2 is 2.53 bits per heavy atom. The summed E-state index contributed by atoms with van der Waals surface area (Å²) in [6.07, 6.45) is 3.81. The molecule has 7 heteroatoms. The first-order chi connectivity index (χ1) is 8.15. The Labute approximate surface area is 100.0 Å². The van der Waals surface area contributed by atoms with Gasteiger partial charge in [0.1, 0.15) is 12.9 Å². The van der Waals surface area contributed by atoms with E-state index in [0.717, 1.165) is 13.0 Å². The van der Waals surface area contributed by atoms with Crippen molar-refractivity contribution in [3.05, 3.63) is 6.33 Å². The Bertz CT molecular complexity index is 390. The van der Waals surface area contributed by atoms with Crippen LogP contribution in [0.25, 0.3) is 0 Å². The standard InChI is InChI=1S/C10H18N6O/c1-15-4-2-3-8(15)5-12-9(17)6-16-7-13-10(11)14-16/h7-8H,2-6H2,1H3,(H2,11,14)(H,12,17). The minimum atomic E-state index is -0.0600. The van der Waals surface area contributed by atoms with Crippen LogP contribution in [0.2, 0.25) is 0 Å². The normalized spacial score (nSPS) is 20.6. The third kappa shape index (κ3) is 3.16. The van der Waals surface area contributed by atoms with Gasteiger partial charge in [0.05, 0.1) is 0 Å². The number of nitrogens with one attached hydrogen (secondary N) is 1. The Balaban J connectivity index is 1.74. The first-order valence-electron chi connectivity index (χ1n) is 5.77. The molecule has 7 nitrogen and oxygen atoms in total. The fraction of sp³-hybridized carbons (Fsp3) is 0.700. The number of carbonyl (C=O) groups excluding carboxylic acids is 1. The first kappa shape index (κ1) is 11.8. The van der Waals surface area contributed by atoms with Gasteiger partial charge in [-0.25, -0.2) is 9.67 Å². The van der Waals surface area contributed by atoms with Gasteiger partial charge in [-0.1, -0.05) is 0 Å². The fourth-order valence-electron chi connectivity index (χ4n) is 2.06. The Morgan fingerprint density at radius 1 is 1.71 bits per heavy atom. The van der Waals surface area contributed by atoms with Gasteiger partial charge in [0.25, 0.3) is 0 Å². The molecule has 1 unspecified atom stereocenters. The molecule has 17 heavy (non-hydrogen) atoms. The van der Waals surface area contributed by atoms with E-state index in [1.807, 2.05) is 0 Å². The van der Waals surface area contributed by atoms with E-state index in [1.54, 1.807) is 0 Å². The van der Waals surface area contributed by atoms with E-state index in [9.17, 15) is 4.79 Å². The Morgan fingerprint density at radius 3 is 3.12 bits per heavy atom. The molecule has 1 aliphatic rings. The SMILES string of the molecule is CN1CCCC1CNC(=O)Cn1cnc(N)n1. The summed E-state index contributed by atoms with van der Waals surface area (Å²) >= 11 is 0. The number of anilines is 1. The second kappa shape index (κ2) is 5.13. The molecule has 0 aliphatic carbocycles. The summed E-state index contributed by atoms with van der Waals surface area (Å²) in [6.45, 7) is 1.97. The quantitative estimate of drug-likeness (QED) is 0.707. The van der Waals surface area contributed by atoms with E-state index in [4.69, 9.17) is 5.73 Å². The highest BCUT2D eigenvalue weighted by molar-refractivity contribution is 5.75. The lowest BCUT2D eigenvalue weighted by Crippen LogP contribution is -2.39. The minimum Gasteiger partial charge on any atom is -0.367 e. The van der Waals surface area contributed by atoms with Gasteiger partial charge < -0.3 is 16.0 Å². The van der Waals surface area contributed by atoms with Crippen LogP contribution in [0.3, 0.4) is 0 Å². The zero-order valence-electron chi connectivity index (χ0n) is 9.96. The van der Waals surface area contributed by atoms with Crippen LogP contribution >= 0.6 is 0 Å². The molecule has 0 saturated carbocycles. The summed E-state index contributed by atoms with van der Waals surface area (Å²) in [5, 5.41) is 6.76. The van der Waals surface area contributed by atoms with Crippen molar-refractivity contribution < 1.29 is 4.79 Å². The molecule has 3 N–H and O–H groups in total. The molecule has 2 rings (SSSR count). The monoisotopic (exact) mass is 238 g/mol. The van der Waals surface area contributed by atoms with E-state index in [0.29, 0.717) is 12.6 Å². The van der Waals surface area contributed by atoms with Gasteiger partial charge in [-0.05, 0) is 26.4 Å². The second-order valence-electron chi connectivity index (χ2n) is 4.38. The van der Waals surface area contributed by atoms with Gasteiger partial charge in [0.2, 0.25) is 11.9 Å². The molecular formula is C10H18N6O. The first-order valence-corrected chi connectivity index (χ1v) is 5.77. The van der Waals surface area contributed by atoms with Crippen LogP contribution in [-0.2, 0) is 11.3 Å². The van der Waals surface area contributed by atoms with E-state index in [2.05, 4.69) is 27.3 Å². The average Bonchev–Trinajstić information content (AvgIpc) is 2.85. The molecule has 1 saturated heterocycles. The number of likely N-dealkylation sites (N-methyl/N-ethyl adjacent to an activating group) is 1. The topological polar surface area (TPSA) is 89.1 Å². The molecule has 94 valence electrons. The lowest BCUT2D eigenvalue weighted by Gasteiger charge is -2.19. The zero-order valence-corrected chi connectivity index (χ0v) is 9.96. The van der Waals surface area contributed by atoms with Crippen molar-refractivity contribution >= 4 is 11.9 Å². The summed E-state index contributed by atoms with van der Waals surface area (Å²) in [7, 11) is 2.09. The smallest absolute Gasteiger partial charge is 0.241 e. The van der Waals surface area contributed by atoms with Crippen LogP contribution in [0.15, 0.2) is 6.33 Å². The largest absolute Gasteiger partial charge is 0.367 e. The lowest BCUT2D eigenvalue weighted by molar-refractivity contribution is -0.122. The summed E-state index contributed by atoms with van der Waals surface area (Å²) in [6, 6.07) is 0.458. The number of nitrogens with two attached hydrogens (primary N) is 1. The number of likely N-dealkylation sites (tertiary alicyclic amines) is 1. The number of aromatic nitrogens is 3. The van der Waals surface area contributed by atoms with Crippen molar-refractivity contribution in [2.24, 2.45) is 0 Å². The van der Waals surface area contributed by atoms with Crippen LogP contribution in [0.5, 0.6) is 0 Å². The predicted molar refractivity (Wildman–Crippen MR) is 63.1 cm³/mol. The molecule has 2 heterocycles. The van der Waals surface area contributed by atoms with E-state index >= 15 is 0 Å². The molecule has 0 aromatic carbocycles. The van der Waals surface area contributed by atoms with Crippen LogP contribution in [-0.4, -0.2) is 51.8 Å². The summed E-state index contributed by atoms with van der Waals surface area (Å²) in [5.41, 5.74) is 5.36. The maximum absolute atomic E-state index is 11.6. The van der Waals surface area contributed by atoms with Gasteiger partial charge in [-0.15, -0.1) is 5.10 Å². The van der Waals surface area contributed by atoms with Gasteiger partial charge in [-0.2, -0.15) is 0 Å². The number of hydrogen-bond acceptors (Lipinski definition) is 5. The molecule has 0 spiro atoms. The fourth-order valence-corrected chi connectivity index (χ4v) is 2.06. The van der Waals surface area contributed by atoms with Crippen LogP contribution in [0.1, 0.15) is 12.8 Å². The van der Waals surface area contributed by atoms with Crippen molar-refractivity contribution in [2.75, 3.05) is 25.9 Å². The lowest BCUT2D eigenvalue weighted by atomic mass is 10.2. The highest BCUT2D eigenvalue weighted by atomic mass is 16.2. The maximum Gasteiger partial charge on any atom is 0.241 e. The molecule has 1 aliphatic heterocycles. The van der Waals surface area contributed by atoms with Gasteiger partial charge in [-0.3, -0.25) is 4.79 Å². The van der Waals surface area contributed by atoms with Gasteiger partial charge >= 0.3 is 0 Å². The van der Waals surface area contributed by atoms with E-state index < -0.39 is 0 Å². The van der Waals surface area contributed by atoms with Crippen molar-refractivity contribution in [3.8, 4) is 0 Å². The highest BCUT2D eigenvalue weighted by Crippen LogP contribution is 2.13. The number of nitrogens with zero attached hydrogens (tertiary/aromatic N) is 4. The van der Waals surface area contributed by atoms with Crippen LogP contribution in [0.4, 0.5) is 5.95 Å². The number of rotatable bonds is 4. The number of nitrogen functional groups attached to an aromatic ring is 1. The second-order valence-corrected chi connectivity index (χ2v) is 4.38. The third-order valence-electron chi connectivity index (χ3n) is 3.07. The van der Waals surface area contributed by atoms with Gasteiger partial charge in [0, 0.05) is 12.6 Å².